The Morgan fingerprint density at radius 3 is 2.38 bits per heavy atom. The molecule has 1 aromatic heterocycles. The van der Waals surface area contributed by atoms with Crippen molar-refractivity contribution in [2.24, 2.45) is 0 Å². The van der Waals surface area contributed by atoms with Crippen LogP contribution in [0.15, 0.2) is 48.7 Å². The Labute approximate surface area is 201 Å². The second kappa shape index (κ2) is 10.7. The van der Waals surface area contributed by atoms with Crippen LogP contribution in [0.4, 0.5) is 5.69 Å². The molecule has 2 aromatic carbocycles. The fourth-order valence-corrected chi connectivity index (χ4v) is 4.29. The zero-order valence-corrected chi connectivity index (χ0v) is 19.3. The maximum Gasteiger partial charge on any atom is 0.414 e. The van der Waals surface area contributed by atoms with Crippen molar-refractivity contribution >= 4 is 40.1 Å². The van der Waals surface area contributed by atoms with E-state index in [1.54, 1.807) is 0 Å². The molecule has 1 saturated heterocycles. The molecule has 2 N–H and O–H groups in total. The van der Waals surface area contributed by atoms with E-state index in [9.17, 15) is 0 Å². The number of halogens is 1. The largest absolute Gasteiger partial charge is 0.486 e. The topological polar surface area (TPSA) is 104 Å². The third-order valence-corrected chi connectivity index (χ3v) is 6.07. The third-order valence-electron chi connectivity index (χ3n) is 5.83. The van der Waals surface area contributed by atoms with E-state index in [-0.39, 0.29) is 0 Å². The van der Waals surface area contributed by atoms with Crippen LogP contribution in [0, 0.1) is 0 Å². The second-order valence-electron chi connectivity index (χ2n) is 7.95. The number of fused-ring (bicyclic) bond motifs is 2. The quantitative estimate of drug-likeness (QED) is 0.541. The summed E-state index contributed by atoms with van der Waals surface area (Å²) in [4.78, 5) is 23.1. The van der Waals surface area contributed by atoms with Gasteiger partial charge in [-0.2, -0.15) is 0 Å². The predicted octanol–water partition coefficient (Wildman–Crippen LogP) is 3.04. The number of para-hydroxylation sites is 1. The van der Waals surface area contributed by atoms with Gasteiger partial charge in [0.25, 0.3) is 0 Å². The zero-order valence-electron chi connectivity index (χ0n) is 18.5. The number of benzene rings is 2. The molecule has 0 spiro atoms. The molecule has 5 rings (SSSR count). The number of hydrogen-bond acceptors (Lipinski definition) is 6. The standard InChI is InChI=1S/C22H24ClN3O2.C2H2O4/c23-18-5-4-17-6-7-25(20(17)16-18)11-8-24-9-12-26(13-10-24)19-2-1-3-21-22(19)28-15-14-27-21;3-1(4)2(5)6/h1-7,16H,8-15H2;(H,3,4)(H,5,6). The van der Waals surface area contributed by atoms with E-state index in [0.717, 1.165) is 61.5 Å². The lowest BCUT2D eigenvalue weighted by molar-refractivity contribution is -0.159. The molecule has 2 aliphatic heterocycles. The number of aliphatic carboxylic acids is 2. The highest BCUT2D eigenvalue weighted by atomic mass is 35.5. The van der Waals surface area contributed by atoms with Crippen molar-refractivity contribution in [3.8, 4) is 11.5 Å². The molecule has 9 nitrogen and oxygen atoms in total. The van der Waals surface area contributed by atoms with Gasteiger partial charge in [0, 0.05) is 56.0 Å². The Bertz CT molecular complexity index is 1160. The van der Waals surface area contributed by atoms with Gasteiger partial charge in [-0.3, -0.25) is 4.90 Å². The lowest BCUT2D eigenvalue weighted by Gasteiger charge is -2.37. The van der Waals surface area contributed by atoms with E-state index >= 15 is 0 Å². The first-order chi connectivity index (χ1) is 16.4. The summed E-state index contributed by atoms with van der Waals surface area (Å²) < 4.78 is 13.9. The number of carboxylic acid groups (broad SMARTS) is 2. The Kier molecular flexibility index (Phi) is 7.44. The first-order valence-electron chi connectivity index (χ1n) is 11.0. The van der Waals surface area contributed by atoms with E-state index in [2.05, 4.69) is 50.9 Å². The highest BCUT2D eigenvalue weighted by Gasteiger charge is 2.23. The van der Waals surface area contributed by atoms with E-state index in [0.29, 0.717) is 13.2 Å². The molecule has 0 saturated carbocycles. The highest BCUT2D eigenvalue weighted by molar-refractivity contribution is 6.31. The van der Waals surface area contributed by atoms with Gasteiger partial charge in [0.2, 0.25) is 0 Å². The van der Waals surface area contributed by atoms with Crippen molar-refractivity contribution in [3.05, 3.63) is 53.7 Å². The smallest absolute Gasteiger partial charge is 0.414 e. The summed E-state index contributed by atoms with van der Waals surface area (Å²) >= 11 is 6.17. The minimum Gasteiger partial charge on any atom is -0.486 e. The molecular formula is C24H26ClN3O6. The van der Waals surface area contributed by atoms with Crippen LogP contribution >= 0.6 is 11.6 Å². The summed E-state index contributed by atoms with van der Waals surface area (Å²) in [5, 5.41) is 16.8. The van der Waals surface area contributed by atoms with Crippen molar-refractivity contribution in [3.63, 3.8) is 0 Å². The number of carbonyl (C=O) groups is 2. The lowest BCUT2D eigenvalue weighted by Crippen LogP contribution is -2.47. The van der Waals surface area contributed by atoms with Crippen LogP contribution in [0.1, 0.15) is 0 Å². The minimum absolute atomic E-state index is 0.624. The predicted molar refractivity (Wildman–Crippen MR) is 128 cm³/mol. The molecule has 34 heavy (non-hydrogen) atoms. The van der Waals surface area contributed by atoms with Crippen LogP contribution < -0.4 is 14.4 Å². The Balaban J connectivity index is 0.000000408. The van der Waals surface area contributed by atoms with Crippen LogP contribution in [0.3, 0.4) is 0 Å². The number of nitrogens with zero attached hydrogens (tertiary/aromatic N) is 3. The molecule has 3 aromatic rings. The minimum atomic E-state index is -1.82. The second-order valence-corrected chi connectivity index (χ2v) is 8.39. The van der Waals surface area contributed by atoms with Crippen LogP contribution in [0.5, 0.6) is 11.5 Å². The average Bonchev–Trinajstić information content (AvgIpc) is 3.25. The monoisotopic (exact) mass is 487 g/mol. The summed E-state index contributed by atoms with van der Waals surface area (Å²) in [6, 6.07) is 14.4. The number of hydrogen-bond donors (Lipinski definition) is 2. The number of rotatable bonds is 4. The van der Waals surface area contributed by atoms with Gasteiger partial charge in [0.15, 0.2) is 11.5 Å². The molecule has 0 atom stereocenters. The van der Waals surface area contributed by atoms with Gasteiger partial charge in [-0.15, -0.1) is 0 Å². The Hall–Kier alpha value is -3.43. The Morgan fingerprint density at radius 2 is 1.65 bits per heavy atom. The van der Waals surface area contributed by atoms with Gasteiger partial charge >= 0.3 is 11.9 Å². The molecule has 1 fully saturated rings. The van der Waals surface area contributed by atoms with Crippen molar-refractivity contribution < 1.29 is 29.3 Å². The number of carboxylic acids is 2. The van der Waals surface area contributed by atoms with Crippen LogP contribution in [0.25, 0.3) is 10.9 Å². The number of piperazine rings is 1. The van der Waals surface area contributed by atoms with Crippen molar-refractivity contribution in [1.29, 1.82) is 0 Å². The summed E-state index contributed by atoms with van der Waals surface area (Å²) in [6.45, 7) is 7.35. The summed E-state index contributed by atoms with van der Waals surface area (Å²) in [5.41, 5.74) is 2.36. The first-order valence-corrected chi connectivity index (χ1v) is 11.4. The van der Waals surface area contributed by atoms with Gasteiger partial charge in [0.1, 0.15) is 13.2 Å². The zero-order chi connectivity index (χ0) is 24.1. The lowest BCUT2D eigenvalue weighted by atomic mass is 10.2. The van der Waals surface area contributed by atoms with Crippen molar-refractivity contribution in [2.75, 3.05) is 50.8 Å². The molecule has 3 heterocycles. The number of aromatic nitrogens is 1. The fourth-order valence-electron chi connectivity index (χ4n) is 4.12. The number of ether oxygens (including phenoxy) is 2. The maximum absolute atomic E-state index is 9.10. The number of anilines is 1. The van der Waals surface area contributed by atoms with Gasteiger partial charge in [0.05, 0.1) is 5.69 Å². The first kappa shape index (κ1) is 23.7. The summed E-state index contributed by atoms with van der Waals surface area (Å²) in [6.07, 6.45) is 2.16. The molecule has 0 amide bonds. The third kappa shape index (κ3) is 5.55. The molecule has 10 heteroatoms. The SMILES string of the molecule is Clc1ccc2ccn(CCN3CCN(c4cccc5c4OCCO5)CC3)c2c1.O=C(O)C(=O)O. The van der Waals surface area contributed by atoms with E-state index < -0.39 is 11.9 Å². The maximum atomic E-state index is 9.10. The molecule has 180 valence electrons. The van der Waals surface area contributed by atoms with Crippen molar-refractivity contribution in [2.45, 2.75) is 6.54 Å². The van der Waals surface area contributed by atoms with Crippen molar-refractivity contribution in [1.82, 2.24) is 9.47 Å². The average molecular weight is 488 g/mol. The fraction of sp³-hybridized carbons (Fsp3) is 0.333. The van der Waals surface area contributed by atoms with Gasteiger partial charge < -0.3 is 29.2 Å². The van der Waals surface area contributed by atoms with Gasteiger partial charge in [-0.25, -0.2) is 9.59 Å². The normalized spacial score (nSPS) is 15.5. The summed E-state index contributed by atoms with van der Waals surface area (Å²) in [7, 11) is 0. The highest BCUT2D eigenvalue weighted by Crippen LogP contribution is 2.39. The van der Waals surface area contributed by atoms with Gasteiger partial charge in [-0.1, -0.05) is 23.7 Å². The van der Waals surface area contributed by atoms with Gasteiger partial charge in [-0.05, 0) is 35.7 Å². The molecule has 0 bridgehead atoms. The summed E-state index contributed by atoms with van der Waals surface area (Å²) in [5.74, 6) is -1.88. The molecule has 2 aliphatic rings. The Morgan fingerprint density at radius 1 is 0.912 bits per heavy atom. The molecule has 0 radical (unpaired) electrons. The molecule has 0 unspecified atom stereocenters. The van der Waals surface area contributed by atoms with E-state index in [1.807, 2.05) is 12.1 Å². The van der Waals surface area contributed by atoms with Crippen LogP contribution in [0.2, 0.25) is 5.02 Å². The van der Waals surface area contributed by atoms with Crippen LogP contribution in [-0.4, -0.2) is 77.6 Å². The van der Waals surface area contributed by atoms with E-state index in [1.165, 1.54) is 10.9 Å². The molecule has 0 aliphatic carbocycles. The molecular weight excluding hydrogens is 462 g/mol. The van der Waals surface area contributed by atoms with E-state index in [4.69, 9.17) is 40.9 Å². The van der Waals surface area contributed by atoms with Crippen LogP contribution in [-0.2, 0) is 16.1 Å².